The van der Waals surface area contributed by atoms with Crippen LogP contribution in [0.2, 0.25) is 0 Å². The third-order valence-corrected chi connectivity index (χ3v) is 6.66. The van der Waals surface area contributed by atoms with Gasteiger partial charge in [0.2, 0.25) is 0 Å². The second kappa shape index (κ2) is 8.67. The molecule has 7 nitrogen and oxygen atoms in total. The van der Waals surface area contributed by atoms with Crippen LogP contribution in [0.5, 0.6) is 0 Å². The van der Waals surface area contributed by atoms with Crippen molar-refractivity contribution in [2.75, 3.05) is 0 Å². The molecule has 2 aliphatic rings. The number of ether oxygens (including phenoxy) is 2. The highest BCUT2D eigenvalue weighted by Gasteiger charge is 2.46. The minimum atomic E-state index is -0.502. The average Bonchev–Trinajstić information content (AvgIpc) is 2.63. The standard InChI is InChI=1S/C26H40N2O5/c1-23(2)13-19(14-24(3,4)27-23)32-21(29)17-9-11-18(12-10-17)22(30)33-20-15-25(5,6)28(31)26(7,8)16-20/h9-12,19-20,27,31H,13-16H2,1-8H3. The van der Waals surface area contributed by atoms with E-state index >= 15 is 0 Å². The highest BCUT2D eigenvalue weighted by atomic mass is 16.6. The van der Waals surface area contributed by atoms with Crippen LogP contribution >= 0.6 is 0 Å². The Hall–Kier alpha value is -1.96. The maximum atomic E-state index is 12.7. The first kappa shape index (κ1) is 25.7. The van der Waals surface area contributed by atoms with Gasteiger partial charge in [0.1, 0.15) is 12.2 Å². The zero-order valence-corrected chi connectivity index (χ0v) is 21.3. The lowest BCUT2D eigenvalue weighted by Crippen LogP contribution is -2.60. The Labute approximate surface area is 197 Å². The van der Waals surface area contributed by atoms with Crippen LogP contribution in [0.15, 0.2) is 24.3 Å². The van der Waals surface area contributed by atoms with Crippen molar-refractivity contribution in [2.45, 2.75) is 115 Å². The van der Waals surface area contributed by atoms with Crippen LogP contribution in [0, 0.1) is 0 Å². The number of hydroxylamine groups is 2. The largest absolute Gasteiger partial charge is 0.459 e. The van der Waals surface area contributed by atoms with E-state index in [0.717, 1.165) is 12.8 Å². The number of carbonyl (C=O) groups excluding carboxylic acids is 2. The molecule has 0 amide bonds. The van der Waals surface area contributed by atoms with Crippen LogP contribution in [-0.4, -0.2) is 56.6 Å². The topological polar surface area (TPSA) is 88.1 Å². The summed E-state index contributed by atoms with van der Waals surface area (Å²) in [6.45, 7) is 16.2. The molecule has 2 N–H and O–H groups in total. The van der Waals surface area contributed by atoms with Crippen molar-refractivity contribution in [1.29, 1.82) is 0 Å². The Morgan fingerprint density at radius 2 is 1.09 bits per heavy atom. The molecule has 184 valence electrons. The minimum absolute atomic E-state index is 0.115. The van der Waals surface area contributed by atoms with Crippen LogP contribution in [-0.2, 0) is 9.47 Å². The summed E-state index contributed by atoms with van der Waals surface area (Å²) in [6.07, 6.45) is 2.08. The molecule has 7 heteroatoms. The molecule has 0 aromatic heterocycles. The van der Waals surface area contributed by atoms with Gasteiger partial charge in [0, 0.05) is 47.8 Å². The molecule has 3 rings (SSSR count). The normalized spacial score (nSPS) is 24.8. The molecular formula is C26H40N2O5. The number of hydrogen-bond acceptors (Lipinski definition) is 7. The predicted octanol–water partition coefficient (Wildman–Crippen LogP) is 4.72. The zero-order chi connectivity index (χ0) is 24.8. The first-order chi connectivity index (χ1) is 15.0. The van der Waals surface area contributed by atoms with E-state index in [1.54, 1.807) is 24.3 Å². The number of nitrogens with zero attached hydrogens (tertiary/aromatic N) is 1. The molecule has 0 aliphatic carbocycles. The van der Waals surface area contributed by atoms with Crippen molar-refractivity contribution in [3.8, 4) is 0 Å². The van der Waals surface area contributed by atoms with Crippen LogP contribution in [0.4, 0.5) is 0 Å². The van der Waals surface area contributed by atoms with Crippen LogP contribution < -0.4 is 5.32 Å². The average molecular weight is 461 g/mol. The molecule has 2 saturated heterocycles. The fourth-order valence-electron chi connectivity index (χ4n) is 5.76. The fraction of sp³-hybridized carbons (Fsp3) is 0.692. The summed E-state index contributed by atoms with van der Waals surface area (Å²) in [5, 5.41) is 15.4. The van der Waals surface area contributed by atoms with E-state index in [9.17, 15) is 14.8 Å². The zero-order valence-electron chi connectivity index (χ0n) is 21.3. The van der Waals surface area contributed by atoms with Crippen molar-refractivity contribution < 1.29 is 24.3 Å². The molecule has 0 saturated carbocycles. The number of rotatable bonds is 4. The molecule has 0 bridgehead atoms. The number of nitrogens with one attached hydrogen (secondary N) is 1. The molecular weight excluding hydrogens is 420 g/mol. The Morgan fingerprint density at radius 3 is 1.45 bits per heavy atom. The van der Waals surface area contributed by atoms with Crippen LogP contribution in [0.25, 0.3) is 0 Å². The van der Waals surface area contributed by atoms with Gasteiger partial charge in [0.15, 0.2) is 0 Å². The van der Waals surface area contributed by atoms with Gasteiger partial charge in [-0.25, -0.2) is 9.59 Å². The van der Waals surface area contributed by atoms with Crippen molar-refractivity contribution in [3.05, 3.63) is 35.4 Å². The fourth-order valence-corrected chi connectivity index (χ4v) is 5.76. The maximum absolute atomic E-state index is 12.7. The molecule has 2 aliphatic heterocycles. The smallest absolute Gasteiger partial charge is 0.338 e. The highest BCUT2D eigenvalue weighted by molar-refractivity contribution is 5.93. The predicted molar refractivity (Wildman–Crippen MR) is 126 cm³/mol. The van der Waals surface area contributed by atoms with Gasteiger partial charge in [-0.05, 0) is 79.7 Å². The quantitative estimate of drug-likeness (QED) is 0.629. The third-order valence-electron chi connectivity index (χ3n) is 6.66. The Kier molecular flexibility index (Phi) is 6.75. The molecule has 33 heavy (non-hydrogen) atoms. The van der Waals surface area contributed by atoms with E-state index in [2.05, 4.69) is 33.0 Å². The van der Waals surface area contributed by atoms with E-state index in [-0.39, 0.29) is 29.3 Å². The van der Waals surface area contributed by atoms with Gasteiger partial charge in [-0.15, -0.1) is 0 Å². The molecule has 2 heterocycles. The van der Waals surface area contributed by atoms with Crippen molar-refractivity contribution in [1.82, 2.24) is 10.4 Å². The number of carbonyl (C=O) groups is 2. The van der Waals surface area contributed by atoms with E-state index in [1.807, 2.05) is 27.7 Å². The number of piperidine rings is 2. The lowest BCUT2D eigenvalue weighted by atomic mass is 9.80. The van der Waals surface area contributed by atoms with E-state index < -0.39 is 17.0 Å². The Balaban J connectivity index is 1.62. The van der Waals surface area contributed by atoms with E-state index in [0.29, 0.717) is 24.0 Å². The van der Waals surface area contributed by atoms with Gasteiger partial charge < -0.3 is 20.0 Å². The molecule has 2 fully saturated rings. The third kappa shape index (κ3) is 6.14. The first-order valence-electron chi connectivity index (χ1n) is 11.8. The van der Waals surface area contributed by atoms with Gasteiger partial charge in [0.05, 0.1) is 11.1 Å². The summed E-state index contributed by atoms with van der Waals surface area (Å²) in [6, 6.07) is 6.43. The molecule has 0 radical (unpaired) electrons. The summed E-state index contributed by atoms with van der Waals surface area (Å²) >= 11 is 0. The van der Waals surface area contributed by atoms with E-state index in [4.69, 9.17) is 9.47 Å². The van der Waals surface area contributed by atoms with Gasteiger partial charge in [-0.1, -0.05) is 0 Å². The van der Waals surface area contributed by atoms with Gasteiger partial charge in [0.25, 0.3) is 0 Å². The first-order valence-corrected chi connectivity index (χ1v) is 11.8. The van der Waals surface area contributed by atoms with Crippen molar-refractivity contribution >= 4 is 11.9 Å². The Morgan fingerprint density at radius 1 is 0.758 bits per heavy atom. The van der Waals surface area contributed by atoms with Crippen molar-refractivity contribution in [3.63, 3.8) is 0 Å². The number of benzene rings is 1. The van der Waals surface area contributed by atoms with Crippen LogP contribution in [0.3, 0.4) is 0 Å². The van der Waals surface area contributed by atoms with Gasteiger partial charge in [-0.2, -0.15) is 5.06 Å². The lowest BCUT2D eigenvalue weighted by Gasteiger charge is -2.50. The maximum Gasteiger partial charge on any atom is 0.338 e. The monoisotopic (exact) mass is 460 g/mol. The summed E-state index contributed by atoms with van der Waals surface area (Å²) in [7, 11) is 0. The van der Waals surface area contributed by atoms with Crippen LogP contribution in [0.1, 0.15) is 102 Å². The lowest BCUT2D eigenvalue weighted by molar-refractivity contribution is -0.256. The molecule has 0 unspecified atom stereocenters. The second-order valence-corrected chi connectivity index (χ2v) is 12.3. The molecule has 0 atom stereocenters. The molecule has 0 spiro atoms. The molecule has 1 aromatic rings. The molecule has 1 aromatic carbocycles. The number of esters is 2. The summed E-state index contributed by atoms with van der Waals surface area (Å²) < 4.78 is 11.6. The number of hydrogen-bond donors (Lipinski definition) is 2. The summed E-state index contributed by atoms with van der Waals surface area (Å²) in [5.74, 6) is -0.813. The van der Waals surface area contributed by atoms with Gasteiger partial charge in [-0.3, -0.25) is 0 Å². The Bertz CT molecular complexity index is 854. The summed E-state index contributed by atoms with van der Waals surface area (Å²) in [5.41, 5.74) is -0.434. The second-order valence-electron chi connectivity index (χ2n) is 12.3. The van der Waals surface area contributed by atoms with E-state index in [1.165, 1.54) is 5.06 Å². The SMILES string of the molecule is CC1(C)CC(OC(=O)c2ccc(C(=O)OC3CC(C)(C)N(O)C(C)(C)C3)cc2)CC(C)(C)N1. The highest BCUT2D eigenvalue weighted by Crippen LogP contribution is 2.38. The summed E-state index contributed by atoms with van der Waals surface area (Å²) in [4.78, 5) is 25.5. The minimum Gasteiger partial charge on any atom is -0.459 e. The van der Waals surface area contributed by atoms with Crippen molar-refractivity contribution in [2.24, 2.45) is 0 Å². The van der Waals surface area contributed by atoms with Gasteiger partial charge >= 0.3 is 11.9 Å².